The first-order chi connectivity index (χ1) is 10.6. The zero-order valence-corrected chi connectivity index (χ0v) is 13.7. The number of benzene rings is 2. The summed E-state index contributed by atoms with van der Waals surface area (Å²) < 4.78 is 0. The summed E-state index contributed by atoms with van der Waals surface area (Å²) in [6.07, 6.45) is 3.93. The number of nitrogens with zero attached hydrogens (tertiary/aromatic N) is 2. The van der Waals surface area contributed by atoms with Crippen molar-refractivity contribution in [3.8, 4) is 0 Å². The minimum absolute atomic E-state index is 0.0202. The van der Waals surface area contributed by atoms with Gasteiger partial charge in [0.15, 0.2) is 0 Å². The highest BCUT2D eigenvalue weighted by molar-refractivity contribution is 7.98. The summed E-state index contributed by atoms with van der Waals surface area (Å²) in [6, 6.07) is 16.0. The molecular weight excluding hydrogens is 292 g/mol. The van der Waals surface area contributed by atoms with Gasteiger partial charge >= 0.3 is 0 Å². The molecular formula is C18H18N2OS. The number of rotatable bonds is 3. The Balaban J connectivity index is 2.10. The van der Waals surface area contributed by atoms with Crippen molar-refractivity contribution < 1.29 is 4.79 Å². The van der Waals surface area contributed by atoms with Gasteiger partial charge in [0.05, 0.1) is 11.3 Å². The Bertz CT molecular complexity index is 735. The SMILES string of the molecule is CSc1ccc(N2C(=O)C(=CN(C)C)c3ccccc32)cc1. The van der Waals surface area contributed by atoms with Crippen molar-refractivity contribution >= 4 is 34.6 Å². The van der Waals surface area contributed by atoms with Crippen LogP contribution in [0.4, 0.5) is 11.4 Å². The van der Waals surface area contributed by atoms with Crippen LogP contribution in [0.3, 0.4) is 0 Å². The second kappa shape index (κ2) is 5.89. The molecule has 0 N–H and O–H groups in total. The highest BCUT2D eigenvalue weighted by Gasteiger charge is 2.33. The smallest absolute Gasteiger partial charge is 0.265 e. The van der Waals surface area contributed by atoms with Crippen molar-refractivity contribution in [3.05, 3.63) is 60.3 Å². The maximum atomic E-state index is 12.9. The maximum absolute atomic E-state index is 12.9. The summed E-state index contributed by atoms with van der Waals surface area (Å²) >= 11 is 1.69. The molecule has 0 radical (unpaired) electrons. The Morgan fingerprint density at radius 3 is 2.36 bits per heavy atom. The quantitative estimate of drug-likeness (QED) is 0.632. The van der Waals surface area contributed by atoms with Crippen LogP contribution in [0, 0.1) is 0 Å². The van der Waals surface area contributed by atoms with Gasteiger partial charge in [-0.25, -0.2) is 0 Å². The number of hydrogen-bond acceptors (Lipinski definition) is 3. The molecule has 1 aliphatic heterocycles. The summed E-state index contributed by atoms with van der Waals surface area (Å²) in [5.41, 5.74) is 3.56. The second-order valence-electron chi connectivity index (χ2n) is 5.36. The molecule has 1 aliphatic rings. The fraction of sp³-hybridized carbons (Fsp3) is 0.167. The van der Waals surface area contributed by atoms with Crippen molar-refractivity contribution in [1.82, 2.24) is 4.90 Å². The van der Waals surface area contributed by atoms with Crippen LogP contribution in [-0.4, -0.2) is 31.2 Å². The summed E-state index contributed by atoms with van der Waals surface area (Å²) in [6.45, 7) is 0. The van der Waals surface area contributed by atoms with E-state index in [1.807, 2.05) is 80.0 Å². The number of hydrogen-bond donors (Lipinski definition) is 0. The molecule has 4 heteroatoms. The summed E-state index contributed by atoms with van der Waals surface area (Å²) in [5, 5.41) is 0. The van der Waals surface area contributed by atoms with Crippen LogP contribution in [0.5, 0.6) is 0 Å². The highest BCUT2D eigenvalue weighted by atomic mass is 32.2. The Labute approximate surface area is 135 Å². The first-order valence-corrected chi connectivity index (χ1v) is 8.30. The molecule has 0 aliphatic carbocycles. The van der Waals surface area contributed by atoms with E-state index >= 15 is 0 Å². The monoisotopic (exact) mass is 310 g/mol. The highest BCUT2D eigenvalue weighted by Crippen LogP contribution is 2.41. The zero-order chi connectivity index (χ0) is 15.7. The number of amides is 1. The fourth-order valence-corrected chi connectivity index (χ4v) is 3.02. The molecule has 0 atom stereocenters. The molecule has 0 spiro atoms. The van der Waals surface area contributed by atoms with Crippen molar-refractivity contribution in [2.24, 2.45) is 0 Å². The fourth-order valence-electron chi connectivity index (χ4n) is 2.61. The minimum atomic E-state index is 0.0202. The minimum Gasteiger partial charge on any atom is -0.383 e. The lowest BCUT2D eigenvalue weighted by Gasteiger charge is -2.17. The van der Waals surface area contributed by atoms with Crippen molar-refractivity contribution in [2.75, 3.05) is 25.3 Å². The predicted octanol–water partition coefficient (Wildman–Crippen LogP) is 3.99. The molecule has 0 bridgehead atoms. The molecule has 0 saturated heterocycles. The normalized spacial score (nSPS) is 15.3. The van der Waals surface area contributed by atoms with Gasteiger partial charge in [-0.2, -0.15) is 0 Å². The first-order valence-electron chi connectivity index (χ1n) is 7.08. The number of para-hydroxylation sites is 1. The molecule has 112 valence electrons. The standard InChI is InChI=1S/C18H18N2OS/c1-19(2)12-16-15-6-4-5-7-17(15)20(18(16)21)13-8-10-14(22-3)11-9-13/h4-12H,1-3H3. The van der Waals surface area contributed by atoms with Gasteiger partial charge < -0.3 is 4.90 Å². The van der Waals surface area contributed by atoms with Crippen LogP contribution in [0.2, 0.25) is 0 Å². The molecule has 2 aromatic rings. The molecule has 3 rings (SSSR count). The number of thioether (sulfide) groups is 1. The third-order valence-corrected chi connectivity index (χ3v) is 4.33. The molecule has 2 aromatic carbocycles. The van der Waals surface area contributed by atoms with Gasteiger partial charge in [-0.15, -0.1) is 11.8 Å². The van der Waals surface area contributed by atoms with E-state index in [4.69, 9.17) is 0 Å². The van der Waals surface area contributed by atoms with Gasteiger partial charge in [0.25, 0.3) is 5.91 Å². The maximum Gasteiger partial charge on any atom is 0.265 e. The van der Waals surface area contributed by atoms with Crippen LogP contribution in [0.1, 0.15) is 5.56 Å². The molecule has 0 fully saturated rings. The van der Waals surface area contributed by atoms with E-state index in [1.54, 1.807) is 16.7 Å². The van der Waals surface area contributed by atoms with Gasteiger partial charge in [0, 0.05) is 36.4 Å². The topological polar surface area (TPSA) is 23.6 Å². The summed E-state index contributed by atoms with van der Waals surface area (Å²) in [4.78, 5) is 17.8. The summed E-state index contributed by atoms with van der Waals surface area (Å²) in [5.74, 6) is 0.0202. The van der Waals surface area contributed by atoms with E-state index in [9.17, 15) is 4.79 Å². The van der Waals surface area contributed by atoms with Crippen LogP contribution >= 0.6 is 11.8 Å². The van der Waals surface area contributed by atoms with Gasteiger partial charge in [-0.3, -0.25) is 9.69 Å². The largest absolute Gasteiger partial charge is 0.383 e. The van der Waals surface area contributed by atoms with E-state index in [0.29, 0.717) is 0 Å². The predicted molar refractivity (Wildman–Crippen MR) is 93.5 cm³/mol. The van der Waals surface area contributed by atoms with Crippen molar-refractivity contribution in [1.29, 1.82) is 0 Å². The van der Waals surface area contributed by atoms with Gasteiger partial charge in [-0.05, 0) is 36.6 Å². The van der Waals surface area contributed by atoms with Crippen LogP contribution in [-0.2, 0) is 4.79 Å². The number of anilines is 2. The van der Waals surface area contributed by atoms with E-state index < -0.39 is 0 Å². The summed E-state index contributed by atoms with van der Waals surface area (Å²) in [7, 11) is 3.86. The third-order valence-electron chi connectivity index (χ3n) is 3.59. The molecule has 0 saturated carbocycles. The van der Waals surface area contributed by atoms with Crippen LogP contribution in [0.15, 0.2) is 59.6 Å². The average molecular weight is 310 g/mol. The average Bonchev–Trinajstić information content (AvgIpc) is 2.80. The van der Waals surface area contributed by atoms with Crippen molar-refractivity contribution in [2.45, 2.75) is 4.90 Å². The lowest BCUT2D eigenvalue weighted by Crippen LogP contribution is -2.21. The molecule has 1 amide bonds. The molecule has 0 aromatic heterocycles. The van der Waals surface area contributed by atoms with Crippen LogP contribution in [0.25, 0.3) is 5.57 Å². The van der Waals surface area contributed by atoms with Crippen LogP contribution < -0.4 is 4.90 Å². The zero-order valence-electron chi connectivity index (χ0n) is 12.9. The Kier molecular flexibility index (Phi) is 3.94. The van der Waals surface area contributed by atoms with Crippen molar-refractivity contribution in [3.63, 3.8) is 0 Å². The van der Waals surface area contributed by atoms with Gasteiger partial charge in [-0.1, -0.05) is 18.2 Å². The van der Waals surface area contributed by atoms with E-state index in [2.05, 4.69) is 0 Å². The lowest BCUT2D eigenvalue weighted by atomic mass is 10.1. The van der Waals surface area contributed by atoms with E-state index in [0.717, 1.165) is 22.5 Å². The molecule has 1 heterocycles. The lowest BCUT2D eigenvalue weighted by molar-refractivity contribution is -0.112. The number of carbonyl (C=O) groups is 1. The Morgan fingerprint density at radius 2 is 1.73 bits per heavy atom. The van der Waals surface area contributed by atoms with E-state index in [1.165, 1.54) is 4.90 Å². The van der Waals surface area contributed by atoms with Gasteiger partial charge in [0.1, 0.15) is 0 Å². The molecule has 22 heavy (non-hydrogen) atoms. The number of carbonyl (C=O) groups excluding carboxylic acids is 1. The van der Waals surface area contributed by atoms with Gasteiger partial charge in [0.2, 0.25) is 0 Å². The third kappa shape index (κ3) is 2.50. The Hall–Kier alpha value is -2.20. The molecule has 0 unspecified atom stereocenters. The number of fused-ring (bicyclic) bond motifs is 1. The second-order valence-corrected chi connectivity index (χ2v) is 6.24. The first kappa shape index (κ1) is 14.7. The molecule has 3 nitrogen and oxygen atoms in total. The Morgan fingerprint density at radius 1 is 1.05 bits per heavy atom. The van der Waals surface area contributed by atoms with E-state index in [-0.39, 0.29) is 5.91 Å².